The van der Waals surface area contributed by atoms with E-state index in [1.165, 1.54) is 0 Å². The topological polar surface area (TPSA) is 42.4 Å². The van der Waals surface area contributed by atoms with Gasteiger partial charge in [0.15, 0.2) is 6.29 Å². The normalized spacial score (nSPS) is 11.7. The molecule has 0 N–H and O–H groups in total. The first-order chi connectivity index (χ1) is 13.6. The molecule has 4 nitrogen and oxygen atoms in total. The van der Waals surface area contributed by atoms with Crippen LogP contribution in [0.4, 0.5) is 0 Å². The van der Waals surface area contributed by atoms with Crippen molar-refractivity contribution in [3.8, 4) is 17.0 Å². The monoisotopic (exact) mass is 374 g/mol. The number of rotatable bonds is 9. The molecule has 4 heteroatoms. The second kappa shape index (κ2) is 10.1. The number of likely N-dealkylation sites (N-methyl/N-ethyl adjacent to an activating group) is 1. The third-order valence-electron chi connectivity index (χ3n) is 4.51. The van der Waals surface area contributed by atoms with Gasteiger partial charge in [-0.05, 0) is 47.4 Å². The lowest BCUT2D eigenvalue weighted by atomic mass is 9.96. The lowest BCUT2D eigenvalue weighted by Gasteiger charge is -2.23. The van der Waals surface area contributed by atoms with Crippen molar-refractivity contribution in [2.45, 2.75) is 13.3 Å². The molecule has 0 saturated heterocycles. The molecule has 0 aliphatic rings. The molecule has 0 spiro atoms. The van der Waals surface area contributed by atoms with Crippen LogP contribution in [0, 0.1) is 0 Å². The van der Waals surface area contributed by atoms with Crippen LogP contribution in [0.3, 0.4) is 0 Å². The van der Waals surface area contributed by atoms with Crippen LogP contribution in [0.5, 0.6) is 5.88 Å². The van der Waals surface area contributed by atoms with Crippen LogP contribution in [0.2, 0.25) is 0 Å². The van der Waals surface area contributed by atoms with E-state index in [9.17, 15) is 4.79 Å². The van der Waals surface area contributed by atoms with E-state index in [0.717, 1.165) is 40.8 Å². The lowest BCUT2D eigenvalue weighted by molar-refractivity contribution is 0.112. The van der Waals surface area contributed by atoms with Gasteiger partial charge >= 0.3 is 0 Å². The summed E-state index contributed by atoms with van der Waals surface area (Å²) in [7, 11) is 3.55. The molecular weight excluding hydrogens is 348 g/mol. The molecule has 0 unspecified atom stereocenters. The first-order valence-corrected chi connectivity index (χ1v) is 9.07. The van der Waals surface area contributed by atoms with Crippen molar-refractivity contribution in [3.05, 3.63) is 90.4 Å². The molecule has 0 atom stereocenters. The van der Waals surface area contributed by atoms with E-state index in [2.05, 4.69) is 25.1 Å². The van der Waals surface area contributed by atoms with Crippen LogP contribution in [0.15, 0.2) is 79.3 Å². The summed E-state index contributed by atoms with van der Waals surface area (Å²) in [5.41, 5.74) is 5.20. The first-order valence-electron chi connectivity index (χ1n) is 9.07. The fourth-order valence-electron chi connectivity index (χ4n) is 3.00. The number of ether oxygens (including phenoxy) is 1. The third-order valence-corrected chi connectivity index (χ3v) is 4.51. The molecule has 2 aromatic rings. The van der Waals surface area contributed by atoms with Gasteiger partial charge in [0.1, 0.15) is 0 Å². The molecule has 0 aliphatic carbocycles. The van der Waals surface area contributed by atoms with Gasteiger partial charge in [-0.3, -0.25) is 4.79 Å². The van der Waals surface area contributed by atoms with Crippen LogP contribution in [0.25, 0.3) is 17.2 Å². The second-order valence-corrected chi connectivity index (χ2v) is 6.09. The minimum absolute atomic E-state index is 0.509. The summed E-state index contributed by atoms with van der Waals surface area (Å²) >= 11 is 0. The number of allylic oxidation sites excluding steroid dienone is 4. The molecule has 0 radical (unpaired) electrons. The number of carbonyl (C=O) groups excluding carboxylic acids is 1. The number of carbonyl (C=O) groups is 1. The van der Waals surface area contributed by atoms with Gasteiger partial charge in [-0.15, -0.1) is 0 Å². The summed E-state index contributed by atoms with van der Waals surface area (Å²) in [6.45, 7) is 9.70. The van der Waals surface area contributed by atoms with E-state index in [1.807, 2.05) is 54.4 Å². The molecule has 0 bridgehead atoms. The summed E-state index contributed by atoms with van der Waals surface area (Å²) in [6.07, 6.45) is 10.8. The Morgan fingerprint density at radius 3 is 2.68 bits per heavy atom. The van der Waals surface area contributed by atoms with Gasteiger partial charge in [0.05, 0.1) is 7.11 Å². The highest BCUT2D eigenvalue weighted by Gasteiger charge is 2.12. The molecule has 0 saturated carbocycles. The summed E-state index contributed by atoms with van der Waals surface area (Å²) in [6, 6.07) is 9.51. The van der Waals surface area contributed by atoms with Crippen LogP contribution in [-0.4, -0.2) is 30.3 Å². The maximum atomic E-state index is 12.0. The van der Waals surface area contributed by atoms with Crippen LogP contribution in [0.1, 0.15) is 29.3 Å². The summed E-state index contributed by atoms with van der Waals surface area (Å²) in [5.74, 6) is 0.509. The van der Waals surface area contributed by atoms with Gasteiger partial charge < -0.3 is 9.64 Å². The van der Waals surface area contributed by atoms with Crippen molar-refractivity contribution in [2.75, 3.05) is 14.2 Å². The van der Waals surface area contributed by atoms with Crippen LogP contribution in [-0.2, 0) is 0 Å². The number of hydrogen-bond acceptors (Lipinski definition) is 4. The van der Waals surface area contributed by atoms with E-state index in [1.54, 1.807) is 25.5 Å². The first kappa shape index (κ1) is 20.9. The maximum Gasteiger partial charge on any atom is 0.213 e. The van der Waals surface area contributed by atoms with Crippen molar-refractivity contribution in [1.82, 2.24) is 9.88 Å². The molecule has 2 rings (SSSR count). The summed E-state index contributed by atoms with van der Waals surface area (Å²) < 4.78 is 5.21. The smallest absolute Gasteiger partial charge is 0.213 e. The van der Waals surface area contributed by atoms with Gasteiger partial charge in [0, 0.05) is 36.3 Å². The lowest BCUT2D eigenvalue weighted by Crippen LogP contribution is -2.15. The average Bonchev–Trinajstić information content (AvgIpc) is 2.74. The SMILES string of the molecule is C=C/C=C(\C=C)N(C)/C(=C\c1cccc(-c2ccnc(OC)c2)c1C=O)CC. The molecular formula is C24H26N2O2. The van der Waals surface area contributed by atoms with Gasteiger partial charge in [-0.2, -0.15) is 0 Å². The predicted octanol–water partition coefficient (Wildman–Crippen LogP) is 5.51. The van der Waals surface area contributed by atoms with Crippen LogP contribution >= 0.6 is 0 Å². The highest BCUT2D eigenvalue weighted by atomic mass is 16.5. The van der Waals surface area contributed by atoms with E-state index < -0.39 is 0 Å². The molecule has 1 aromatic carbocycles. The Morgan fingerprint density at radius 2 is 2.07 bits per heavy atom. The van der Waals surface area contributed by atoms with E-state index in [0.29, 0.717) is 11.4 Å². The van der Waals surface area contributed by atoms with Crippen molar-refractivity contribution in [2.24, 2.45) is 0 Å². The Kier molecular flexibility index (Phi) is 7.52. The second-order valence-electron chi connectivity index (χ2n) is 6.09. The zero-order valence-corrected chi connectivity index (χ0v) is 16.7. The Balaban J connectivity index is 2.57. The van der Waals surface area contributed by atoms with Gasteiger partial charge in [-0.1, -0.05) is 44.4 Å². The largest absolute Gasteiger partial charge is 0.481 e. The number of benzene rings is 1. The number of nitrogens with zero attached hydrogens (tertiary/aromatic N) is 2. The zero-order valence-electron chi connectivity index (χ0n) is 16.7. The van der Waals surface area contributed by atoms with E-state index in [-0.39, 0.29) is 0 Å². The molecule has 28 heavy (non-hydrogen) atoms. The van der Waals surface area contributed by atoms with Crippen molar-refractivity contribution in [3.63, 3.8) is 0 Å². The number of aldehydes is 1. The Bertz CT molecular complexity index is 926. The Hall–Kier alpha value is -3.40. The number of methoxy groups -OCH3 is 1. The summed E-state index contributed by atoms with van der Waals surface area (Å²) in [5, 5.41) is 0. The molecule has 0 aliphatic heterocycles. The maximum absolute atomic E-state index is 12.0. The molecule has 0 fully saturated rings. The number of pyridine rings is 1. The molecule has 1 aromatic heterocycles. The zero-order chi connectivity index (χ0) is 20.5. The standard InChI is InChI=1S/C24H26N2O2/c1-6-10-20(7-2)26(4)21(8-3)15-18-11-9-12-22(23(18)17-27)19-13-14-25-24(16-19)28-5/h6-7,9-17H,1-2,8H2,3-5H3/b20-10+,21-15-. The predicted molar refractivity (Wildman–Crippen MR) is 116 cm³/mol. The minimum Gasteiger partial charge on any atom is -0.481 e. The Morgan fingerprint density at radius 1 is 1.29 bits per heavy atom. The van der Waals surface area contributed by atoms with Crippen molar-refractivity contribution < 1.29 is 9.53 Å². The quantitative estimate of drug-likeness (QED) is 0.429. The molecule has 1 heterocycles. The highest BCUT2D eigenvalue weighted by Crippen LogP contribution is 2.29. The fraction of sp³-hybridized carbons (Fsp3) is 0.167. The third kappa shape index (κ3) is 4.65. The minimum atomic E-state index is 0.509. The Labute approximate surface area is 167 Å². The molecule has 0 amide bonds. The van der Waals surface area contributed by atoms with E-state index >= 15 is 0 Å². The fourth-order valence-corrected chi connectivity index (χ4v) is 3.00. The number of hydrogen-bond donors (Lipinski definition) is 0. The summed E-state index contributed by atoms with van der Waals surface area (Å²) in [4.78, 5) is 18.2. The van der Waals surface area contributed by atoms with E-state index in [4.69, 9.17) is 4.74 Å². The highest BCUT2D eigenvalue weighted by molar-refractivity contribution is 5.92. The van der Waals surface area contributed by atoms with Crippen molar-refractivity contribution in [1.29, 1.82) is 0 Å². The van der Waals surface area contributed by atoms with Gasteiger partial charge in [0.2, 0.25) is 5.88 Å². The van der Waals surface area contributed by atoms with Crippen LogP contribution < -0.4 is 4.74 Å². The van der Waals surface area contributed by atoms with Gasteiger partial charge in [0.25, 0.3) is 0 Å². The number of aromatic nitrogens is 1. The average molecular weight is 374 g/mol. The van der Waals surface area contributed by atoms with Crippen molar-refractivity contribution >= 4 is 12.4 Å². The van der Waals surface area contributed by atoms with Gasteiger partial charge in [-0.25, -0.2) is 4.98 Å². The molecule has 144 valence electrons.